The molecule has 0 aliphatic rings. The summed E-state index contributed by atoms with van der Waals surface area (Å²) in [5.74, 6) is 0. The Hall–Kier alpha value is -1.51. The predicted molar refractivity (Wildman–Crippen MR) is 104 cm³/mol. The topological polar surface area (TPSA) is 3.24 Å². The van der Waals surface area contributed by atoms with Crippen LogP contribution in [0.5, 0.6) is 0 Å². The second-order valence-electron chi connectivity index (χ2n) is 6.48. The van der Waals surface area contributed by atoms with Gasteiger partial charge in [0.2, 0.25) is 0 Å². The second-order valence-corrected chi connectivity index (χ2v) is 7.33. The van der Waals surface area contributed by atoms with Gasteiger partial charge in [-0.3, -0.25) is 0 Å². The van der Waals surface area contributed by atoms with Crippen LogP contribution in [0.15, 0.2) is 47.9 Å². The molecule has 2 heteroatoms. The van der Waals surface area contributed by atoms with E-state index in [9.17, 15) is 0 Å². The fourth-order valence-electron chi connectivity index (χ4n) is 2.82. The minimum absolute atomic E-state index is 0.957. The largest absolute Gasteiger partial charge is 0.305 e. The van der Waals surface area contributed by atoms with E-state index in [4.69, 9.17) is 0 Å². The van der Waals surface area contributed by atoms with Gasteiger partial charge in [0.15, 0.2) is 0 Å². The van der Waals surface area contributed by atoms with Gasteiger partial charge in [0.05, 0.1) is 0 Å². The SMILES string of the molecule is C=C(C)c1ccc(Cc2ccc(SC)c(C)c2)c(CN(C)C)c1. The first-order valence-electron chi connectivity index (χ1n) is 7.96. The summed E-state index contributed by atoms with van der Waals surface area (Å²) in [4.78, 5) is 3.59. The van der Waals surface area contributed by atoms with Crippen LogP contribution in [0.1, 0.15) is 34.7 Å². The molecule has 0 aliphatic carbocycles. The number of allylic oxidation sites excluding steroid dienone is 1. The molecule has 0 spiro atoms. The third kappa shape index (κ3) is 4.73. The third-order valence-electron chi connectivity index (χ3n) is 4.04. The van der Waals surface area contributed by atoms with Crippen LogP contribution in [0, 0.1) is 6.92 Å². The summed E-state index contributed by atoms with van der Waals surface area (Å²) in [5, 5.41) is 0. The van der Waals surface area contributed by atoms with Crippen LogP contribution in [0.4, 0.5) is 0 Å². The van der Waals surface area contributed by atoms with Gasteiger partial charge < -0.3 is 4.90 Å². The summed E-state index contributed by atoms with van der Waals surface area (Å²) >= 11 is 1.81. The maximum absolute atomic E-state index is 4.07. The van der Waals surface area contributed by atoms with Crippen LogP contribution >= 0.6 is 11.8 Å². The van der Waals surface area contributed by atoms with Gasteiger partial charge >= 0.3 is 0 Å². The number of thioether (sulfide) groups is 1. The van der Waals surface area contributed by atoms with Crippen molar-refractivity contribution in [2.75, 3.05) is 20.4 Å². The van der Waals surface area contributed by atoms with Crippen molar-refractivity contribution in [3.63, 3.8) is 0 Å². The van der Waals surface area contributed by atoms with Gasteiger partial charge in [0, 0.05) is 11.4 Å². The molecular formula is C21H27NS. The van der Waals surface area contributed by atoms with E-state index in [1.165, 1.54) is 32.7 Å². The number of rotatable bonds is 6. The molecule has 0 N–H and O–H groups in total. The van der Waals surface area contributed by atoms with E-state index in [1.54, 1.807) is 0 Å². The van der Waals surface area contributed by atoms with Gasteiger partial charge in [0.25, 0.3) is 0 Å². The van der Waals surface area contributed by atoms with Gasteiger partial charge in [-0.05, 0) is 80.6 Å². The Morgan fingerprint density at radius 2 is 1.83 bits per heavy atom. The minimum atomic E-state index is 0.957. The molecule has 0 saturated carbocycles. The van der Waals surface area contributed by atoms with Crippen LogP contribution in [0.2, 0.25) is 0 Å². The van der Waals surface area contributed by atoms with E-state index < -0.39 is 0 Å². The molecule has 1 nitrogen and oxygen atoms in total. The molecule has 0 fully saturated rings. The first kappa shape index (κ1) is 17.8. The van der Waals surface area contributed by atoms with Crippen LogP contribution < -0.4 is 0 Å². The number of hydrogen-bond acceptors (Lipinski definition) is 2. The molecule has 23 heavy (non-hydrogen) atoms. The summed E-state index contributed by atoms with van der Waals surface area (Å²) in [7, 11) is 4.24. The molecule has 0 unspecified atom stereocenters. The highest BCUT2D eigenvalue weighted by molar-refractivity contribution is 7.98. The molecule has 0 aromatic heterocycles. The van der Waals surface area contributed by atoms with Crippen LogP contribution in [-0.4, -0.2) is 25.3 Å². The second kappa shape index (κ2) is 7.85. The van der Waals surface area contributed by atoms with Crippen molar-refractivity contribution in [3.05, 3.63) is 70.8 Å². The van der Waals surface area contributed by atoms with E-state index >= 15 is 0 Å². The van der Waals surface area contributed by atoms with Gasteiger partial charge in [0.1, 0.15) is 0 Å². The molecule has 0 radical (unpaired) electrons. The zero-order chi connectivity index (χ0) is 17.0. The van der Waals surface area contributed by atoms with Gasteiger partial charge in [-0.1, -0.05) is 36.4 Å². The Labute approximate surface area is 145 Å². The average molecular weight is 326 g/mol. The zero-order valence-electron chi connectivity index (χ0n) is 14.9. The maximum atomic E-state index is 4.07. The number of benzene rings is 2. The first-order valence-corrected chi connectivity index (χ1v) is 9.19. The fraction of sp³-hybridized carbons (Fsp3) is 0.333. The molecule has 122 valence electrons. The lowest BCUT2D eigenvalue weighted by molar-refractivity contribution is 0.401. The zero-order valence-corrected chi connectivity index (χ0v) is 15.8. The molecule has 0 heterocycles. The first-order chi connectivity index (χ1) is 10.9. The van der Waals surface area contributed by atoms with Crippen molar-refractivity contribution in [3.8, 4) is 0 Å². The van der Waals surface area contributed by atoms with Crippen LogP contribution in [0.3, 0.4) is 0 Å². The molecule has 0 amide bonds. The molecule has 0 atom stereocenters. The summed E-state index contributed by atoms with van der Waals surface area (Å²) in [6.45, 7) is 9.29. The Morgan fingerprint density at radius 3 is 2.39 bits per heavy atom. The molecule has 0 aliphatic heterocycles. The highest BCUT2D eigenvalue weighted by Gasteiger charge is 2.08. The monoisotopic (exact) mass is 325 g/mol. The van der Waals surface area contributed by atoms with Crippen molar-refractivity contribution in [2.45, 2.75) is 31.7 Å². The van der Waals surface area contributed by atoms with Crippen molar-refractivity contribution in [1.29, 1.82) is 0 Å². The Kier molecular flexibility index (Phi) is 6.09. The molecule has 0 saturated heterocycles. The number of aryl methyl sites for hydroxylation is 1. The summed E-state index contributed by atoms with van der Waals surface area (Å²) < 4.78 is 0. The summed E-state index contributed by atoms with van der Waals surface area (Å²) in [6, 6.07) is 13.6. The van der Waals surface area contributed by atoms with Gasteiger partial charge in [-0.25, -0.2) is 0 Å². The Bertz CT molecular complexity index is 701. The van der Waals surface area contributed by atoms with Crippen LogP contribution in [-0.2, 0) is 13.0 Å². The van der Waals surface area contributed by atoms with E-state index in [2.05, 4.69) is 82.1 Å². The average Bonchev–Trinajstić information content (AvgIpc) is 2.48. The van der Waals surface area contributed by atoms with E-state index in [-0.39, 0.29) is 0 Å². The Balaban J connectivity index is 2.34. The van der Waals surface area contributed by atoms with E-state index in [0.29, 0.717) is 0 Å². The van der Waals surface area contributed by atoms with Gasteiger partial charge in [-0.2, -0.15) is 0 Å². The fourth-order valence-corrected chi connectivity index (χ4v) is 3.41. The normalized spacial score (nSPS) is 11.0. The lowest BCUT2D eigenvalue weighted by atomic mass is 9.95. The molecule has 2 aromatic carbocycles. The standard InChI is InChI=1S/C21H27NS/c1-15(2)18-8-9-19(20(13-18)14-22(4)5)12-17-7-10-21(23-6)16(3)11-17/h7-11,13H,1,12,14H2,2-6H3. The summed E-state index contributed by atoms with van der Waals surface area (Å²) in [5.41, 5.74) is 7.89. The number of hydrogen-bond donors (Lipinski definition) is 0. The van der Waals surface area contributed by atoms with Crippen molar-refractivity contribution >= 4 is 17.3 Å². The molecule has 0 bridgehead atoms. The highest BCUT2D eigenvalue weighted by atomic mass is 32.2. The molecule has 2 rings (SSSR count). The third-order valence-corrected chi connectivity index (χ3v) is 4.94. The van der Waals surface area contributed by atoms with Gasteiger partial charge in [-0.15, -0.1) is 11.8 Å². The Morgan fingerprint density at radius 1 is 1.09 bits per heavy atom. The molecular weight excluding hydrogens is 298 g/mol. The van der Waals surface area contributed by atoms with Crippen LogP contribution in [0.25, 0.3) is 5.57 Å². The van der Waals surface area contributed by atoms with Crippen molar-refractivity contribution in [2.24, 2.45) is 0 Å². The maximum Gasteiger partial charge on any atom is 0.0230 e. The lowest BCUT2D eigenvalue weighted by Crippen LogP contribution is -2.13. The molecule has 2 aromatic rings. The van der Waals surface area contributed by atoms with Crippen molar-refractivity contribution < 1.29 is 0 Å². The smallest absolute Gasteiger partial charge is 0.0230 e. The van der Waals surface area contributed by atoms with E-state index in [0.717, 1.165) is 18.5 Å². The number of nitrogens with zero attached hydrogens (tertiary/aromatic N) is 1. The highest BCUT2D eigenvalue weighted by Crippen LogP contribution is 2.24. The minimum Gasteiger partial charge on any atom is -0.305 e. The van der Waals surface area contributed by atoms with Crippen molar-refractivity contribution in [1.82, 2.24) is 4.90 Å². The lowest BCUT2D eigenvalue weighted by Gasteiger charge is -2.16. The predicted octanol–water partition coefficient (Wildman–Crippen LogP) is 5.40. The van der Waals surface area contributed by atoms with E-state index in [1.807, 2.05) is 11.8 Å². The quantitative estimate of drug-likeness (QED) is 0.654. The summed E-state index contributed by atoms with van der Waals surface area (Å²) in [6.07, 6.45) is 3.11.